The zero-order valence-electron chi connectivity index (χ0n) is 23.9. The smallest absolute Gasteiger partial charge is 0.412 e. The predicted molar refractivity (Wildman–Crippen MR) is 167 cm³/mol. The molecule has 0 aromatic heterocycles. The molecule has 3 amide bonds. The molecule has 4 N–H and O–H groups in total. The van der Waals surface area contributed by atoms with Crippen molar-refractivity contribution in [1.29, 1.82) is 0 Å². The Bertz CT molecular complexity index is 1540. The maximum atomic E-state index is 12.8. The van der Waals surface area contributed by atoms with Crippen LogP contribution in [0, 0.1) is 20.8 Å². The van der Waals surface area contributed by atoms with Gasteiger partial charge in [-0.3, -0.25) is 16.0 Å². The summed E-state index contributed by atoms with van der Waals surface area (Å²) in [7, 11) is 0. The second-order valence-electron chi connectivity index (χ2n) is 10.1. The lowest BCUT2D eigenvalue weighted by Crippen LogP contribution is -2.53. The number of aliphatic hydroxyl groups is 1. The van der Waals surface area contributed by atoms with Gasteiger partial charge < -0.3 is 24.1 Å². The summed E-state index contributed by atoms with van der Waals surface area (Å²) >= 11 is 18.4. The number of carbonyl (C=O) groups excluding carboxylic acids is 3. The first-order valence-corrected chi connectivity index (χ1v) is 14.5. The Hall–Kier alpha value is -3.74. The van der Waals surface area contributed by atoms with Gasteiger partial charge >= 0.3 is 18.3 Å². The zero-order chi connectivity index (χ0) is 32.0. The fraction of sp³-hybridized carbons (Fsp3) is 0.300. The van der Waals surface area contributed by atoms with Crippen molar-refractivity contribution in [3.63, 3.8) is 0 Å². The Balaban J connectivity index is 1.42. The van der Waals surface area contributed by atoms with E-state index in [1.54, 1.807) is 55.5 Å². The molecule has 1 heterocycles. The molecular formula is C30H30Cl3N3O8. The lowest BCUT2D eigenvalue weighted by molar-refractivity contribution is -0.248. The van der Waals surface area contributed by atoms with Gasteiger partial charge in [0.05, 0.1) is 6.10 Å². The Morgan fingerprint density at radius 2 is 1.18 bits per heavy atom. The fourth-order valence-corrected chi connectivity index (χ4v) is 4.70. The van der Waals surface area contributed by atoms with E-state index < -0.39 is 42.9 Å². The van der Waals surface area contributed by atoms with Crippen LogP contribution in [0.1, 0.15) is 23.1 Å². The number of aliphatic hydroxyl groups excluding tert-OH is 1. The van der Waals surface area contributed by atoms with Crippen LogP contribution in [0.5, 0.6) is 0 Å². The van der Waals surface area contributed by atoms with Crippen LogP contribution in [0.4, 0.5) is 31.4 Å². The van der Waals surface area contributed by atoms with Crippen molar-refractivity contribution in [2.75, 3.05) is 22.6 Å². The molecule has 4 rings (SSSR count). The van der Waals surface area contributed by atoms with Crippen molar-refractivity contribution >= 4 is 70.1 Å². The van der Waals surface area contributed by atoms with Crippen LogP contribution in [0.15, 0.2) is 54.6 Å². The van der Waals surface area contributed by atoms with Crippen LogP contribution in [-0.4, -0.2) is 54.6 Å². The molecule has 44 heavy (non-hydrogen) atoms. The summed E-state index contributed by atoms with van der Waals surface area (Å²) in [5, 5.41) is 19.7. The van der Waals surface area contributed by atoms with Gasteiger partial charge in [0.15, 0.2) is 12.4 Å². The fourth-order valence-electron chi connectivity index (χ4n) is 4.15. The highest BCUT2D eigenvalue weighted by atomic mass is 35.5. The third kappa shape index (κ3) is 9.13. The Morgan fingerprint density at radius 3 is 1.64 bits per heavy atom. The van der Waals surface area contributed by atoms with E-state index in [4.69, 9.17) is 53.8 Å². The third-order valence-electron chi connectivity index (χ3n) is 6.63. The highest BCUT2D eigenvalue weighted by Crippen LogP contribution is 2.27. The van der Waals surface area contributed by atoms with Crippen molar-refractivity contribution in [3.05, 3.63) is 86.4 Å². The van der Waals surface area contributed by atoms with Crippen molar-refractivity contribution in [1.82, 2.24) is 0 Å². The zero-order valence-corrected chi connectivity index (χ0v) is 26.1. The quantitative estimate of drug-likeness (QED) is 0.190. The number of aryl methyl sites for hydroxylation is 3. The van der Waals surface area contributed by atoms with Gasteiger partial charge in [-0.05, 0) is 73.9 Å². The van der Waals surface area contributed by atoms with E-state index in [2.05, 4.69) is 16.0 Å². The summed E-state index contributed by atoms with van der Waals surface area (Å²) in [6.45, 7) is 5.12. The minimum absolute atomic E-state index is 0.100. The summed E-state index contributed by atoms with van der Waals surface area (Å²) in [6.07, 6.45) is -8.08. The third-order valence-corrected chi connectivity index (χ3v) is 7.85. The summed E-state index contributed by atoms with van der Waals surface area (Å²) in [5.41, 5.74) is 3.57. The van der Waals surface area contributed by atoms with E-state index in [0.29, 0.717) is 32.1 Å². The second-order valence-corrected chi connectivity index (χ2v) is 11.3. The number of hydrogen-bond donors (Lipinski definition) is 4. The number of amides is 3. The number of hydrogen-bond acceptors (Lipinski definition) is 8. The maximum absolute atomic E-state index is 12.8. The molecule has 14 heteroatoms. The van der Waals surface area contributed by atoms with E-state index in [-0.39, 0.29) is 13.0 Å². The molecule has 0 spiro atoms. The minimum Gasteiger partial charge on any atom is -0.447 e. The molecule has 11 nitrogen and oxygen atoms in total. The highest BCUT2D eigenvalue weighted by Gasteiger charge is 2.43. The normalized spacial score (nSPS) is 19.4. The SMILES string of the molecule is Cc1ccc(NC(=O)OC[C@@H]2C[C@H](OC(=O)Nc3ccc(C)c(Cl)c3)[C@@H](OC(=O)Nc3ccc(C)c(Cl)c3)[C@@H](O)O2)cc1Cl. The van der Waals surface area contributed by atoms with Gasteiger partial charge in [0, 0.05) is 38.6 Å². The number of carbonyl (C=O) groups is 3. The van der Waals surface area contributed by atoms with E-state index in [1.165, 1.54) is 6.07 Å². The molecule has 234 valence electrons. The average Bonchev–Trinajstić information content (AvgIpc) is 2.95. The Morgan fingerprint density at radius 1 is 0.750 bits per heavy atom. The molecule has 3 aromatic carbocycles. The molecule has 4 atom stereocenters. The van der Waals surface area contributed by atoms with Crippen LogP contribution in [0.25, 0.3) is 0 Å². The average molecular weight is 667 g/mol. The van der Waals surface area contributed by atoms with E-state index >= 15 is 0 Å². The lowest BCUT2D eigenvalue weighted by Gasteiger charge is -2.38. The summed E-state index contributed by atoms with van der Waals surface area (Å²) < 4.78 is 21.8. The number of benzene rings is 3. The van der Waals surface area contributed by atoms with Crippen molar-refractivity contribution < 1.29 is 38.4 Å². The van der Waals surface area contributed by atoms with Gasteiger partial charge in [-0.1, -0.05) is 53.0 Å². The van der Waals surface area contributed by atoms with Gasteiger partial charge in [0.25, 0.3) is 0 Å². The van der Waals surface area contributed by atoms with Crippen LogP contribution < -0.4 is 16.0 Å². The number of rotatable bonds is 7. The van der Waals surface area contributed by atoms with E-state index in [1.807, 2.05) is 13.8 Å². The first-order valence-electron chi connectivity index (χ1n) is 13.4. The van der Waals surface area contributed by atoms with Crippen LogP contribution in [0.3, 0.4) is 0 Å². The van der Waals surface area contributed by atoms with Gasteiger partial charge in [-0.25, -0.2) is 14.4 Å². The standard InChI is InChI=1S/C30H30Cl3N3O8/c1-15-4-7-18(10-22(15)31)34-28(38)41-14-21-13-25(43-29(39)35-19-8-5-16(2)23(32)11-19)26(27(37)42-21)44-30(40)36-20-9-6-17(3)24(33)12-20/h4-12,21,25-27,37H,13-14H2,1-3H3,(H,34,38)(H,35,39)(H,36,40)/t21-,25-,26+,27-/m0/s1. The Kier molecular flexibility index (Phi) is 11.2. The molecule has 1 aliphatic heterocycles. The summed E-state index contributed by atoms with van der Waals surface area (Å²) in [4.78, 5) is 37.9. The monoisotopic (exact) mass is 665 g/mol. The van der Waals surface area contributed by atoms with Crippen molar-refractivity contribution in [2.45, 2.75) is 51.8 Å². The number of nitrogens with one attached hydrogen (secondary N) is 3. The van der Waals surface area contributed by atoms with Gasteiger partial charge in [-0.2, -0.15) is 0 Å². The molecule has 0 saturated carbocycles. The molecule has 0 unspecified atom stereocenters. The van der Waals surface area contributed by atoms with Gasteiger partial charge in [0.1, 0.15) is 12.7 Å². The number of ether oxygens (including phenoxy) is 4. The largest absolute Gasteiger partial charge is 0.447 e. The first-order chi connectivity index (χ1) is 20.9. The number of anilines is 3. The maximum Gasteiger partial charge on any atom is 0.412 e. The Labute approximate surface area is 268 Å². The van der Waals surface area contributed by atoms with Crippen molar-refractivity contribution in [2.24, 2.45) is 0 Å². The van der Waals surface area contributed by atoms with Crippen LogP contribution >= 0.6 is 34.8 Å². The lowest BCUT2D eigenvalue weighted by atomic mass is 10.0. The van der Waals surface area contributed by atoms with Crippen LogP contribution in [-0.2, 0) is 18.9 Å². The molecule has 1 fully saturated rings. The highest BCUT2D eigenvalue weighted by molar-refractivity contribution is 6.32. The van der Waals surface area contributed by atoms with Gasteiger partial charge in [0.2, 0.25) is 0 Å². The van der Waals surface area contributed by atoms with Crippen molar-refractivity contribution in [3.8, 4) is 0 Å². The van der Waals surface area contributed by atoms with Gasteiger partial charge in [-0.15, -0.1) is 0 Å². The topological polar surface area (TPSA) is 144 Å². The molecule has 0 bridgehead atoms. The number of halogens is 3. The second kappa shape index (κ2) is 14.8. The minimum atomic E-state index is -1.74. The summed E-state index contributed by atoms with van der Waals surface area (Å²) in [5.74, 6) is 0. The molecular weight excluding hydrogens is 637 g/mol. The molecule has 1 saturated heterocycles. The molecule has 0 aliphatic carbocycles. The molecule has 1 aliphatic rings. The summed E-state index contributed by atoms with van der Waals surface area (Å²) in [6, 6.07) is 14.7. The molecule has 3 aromatic rings. The van der Waals surface area contributed by atoms with Crippen LogP contribution in [0.2, 0.25) is 15.1 Å². The van der Waals surface area contributed by atoms with E-state index in [9.17, 15) is 19.5 Å². The molecule has 0 radical (unpaired) electrons. The van der Waals surface area contributed by atoms with E-state index in [0.717, 1.165) is 16.7 Å². The first kappa shape index (κ1) is 33.2. The predicted octanol–water partition coefficient (Wildman–Crippen LogP) is 7.46.